The Balaban J connectivity index is 2.08. The lowest BCUT2D eigenvalue weighted by atomic mass is 9.96. The molecule has 0 saturated heterocycles. The van der Waals surface area contributed by atoms with Gasteiger partial charge in [0.2, 0.25) is 0 Å². The second-order valence-electron chi connectivity index (χ2n) is 4.59. The van der Waals surface area contributed by atoms with Gasteiger partial charge in [-0.1, -0.05) is 35.0 Å². The lowest BCUT2D eigenvalue weighted by molar-refractivity contribution is 0.575. The van der Waals surface area contributed by atoms with E-state index in [2.05, 4.69) is 57.4 Å². The van der Waals surface area contributed by atoms with E-state index in [0.717, 1.165) is 24.0 Å². The summed E-state index contributed by atoms with van der Waals surface area (Å²) in [6.07, 6.45) is 4.06. The average Bonchev–Trinajstić information content (AvgIpc) is 2.91. The maximum Gasteiger partial charge on any atom is 0.0931 e. The van der Waals surface area contributed by atoms with E-state index in [0.29, 0.717) is 5.92 Å². The average molecular weight is 339 g/mol. The standard InChI is InChI=1S/C15H19BrN2S/c1-2-6-17-11-13(10-15-18-7-8-19-15)12-4-3-5-14(16)9-12/h3-5,7-9,13,17H,2,6,10-11H2,1H3. The highest BCUT2D eigenvalue weighted by Gasteiger charge is 2.13. The maximum atomic E-state index is 4.41. The highest BCUT2D eigenvalue weighted by Crippen LogP contribution is 2.24. The van der Waals surface area contributed by atoms with Gasteiger partial charge in [0.1, 0.15) is 0 Å². The number of thiazole rings is 1. The maximum absolute atomic E-state index is 4.41. The predicted octanol–water partition coefficient (Wildman–Crippen LogP) is 4.23. The van der Waals surface area contributed by atoms with E-state index in [1.54, 1.807) is 11.3 Å². The van der Waals surface area contributed by atoms with Gasteiger partial charge < -0.3 is 5.32 Å². The molecule has 0 saturated carbocycles. The van der Waals surface area contributed by atoms with Crippen molar-refractivity contribution in [3.05, 3.63) is 50.9 Å². The number of hydrogen-bond donors (Lipinski definition) is 1. The van der Waals surface area contributed by atoms with Crippen LogP contribution in [-0.4, -0.2) is 18.1 Å². The van der Waals surface area contributed by atoms with Crippen molar-refractivity contribution in [1.82, 2.24) is 10.3 Å². The molecule has 19 heavy (non-hydrogen) atoms. The Kier molecular flexibility index (Phi) is 6.01. The van der Waals surface area contributed by atoms with Crippen LogP contribution in [0.5, 0.6) is 0 Å². The smallest absolute Gasteiger partial charge is 0.0931 e. The monoisotopic (exact) mass is 338 g/mol. The lowest BCUT2D eigenvalue weighted by Gasteiger charge is -2.17. The molecule has 0 amide bonds. The van der Waals surface area contributed by atoms with E-state index < -0.39 is 0 Å². The van der Waals surface area contributed by atoms with Crippen molar-refractivity contribution in [2.24, 2.45) is 0 Å². The summed E-state index contributed by atoms with van der Waals surface area (Å²) in [6.45, 7) is 4.27. The molecule has 1 unspecified atom stereocenters. The third-order valence-corrected chi connectivity index (χ3v) is 4.34. The zero-order valence-corrected chi connectivity index (χ0v) is 13.5. The van der Waals surface area contributed by atoms with Gasteiger partial charge in [-0.15, -0.1) is 11.3 Å². The number of benzene rings is 1. The molecule has 0 aliphatic rings. The van der Waals surface area contributed by atoms with E-state index in [4.69, 9.17) is 0 Å². The minimum absolute atomic E-state index is 0.482. The van der Waals surface area contributed by atoms with Gasteiger partial charge in [-0.25, -0.2) is 4.98 Å². The van der Waals surface area contributed by atoms with Crippen LogP contribution < -0.4 is 5.32 Å². The Morgan fingerprint density at radius 3 is 3.00 bits per heavy atom. The van der Waals surface area contributed by atoms with Gasteiger partial charge in [-0.05, 0) is 30.7 Å². The molecule has 0 aliphatic heterocycles. The van der Waals surface area contributed by atoms with Crippen LogP contribution in [0.15, 0.2) is 40.3 Å². The summed E-state index contributed by atoms with van der Waals surface area (Å²) in [4.78, 5) is 4.41. The Bertz CT molecular complexity index is 485. The number of aromatic nitrogens is 1. The number of nitrogens with one attached hydrogen (secondary N) is 1. The van der Waals surface area contributed by atoms with Crippen molar-refractivity contribution in [2.75, 3.05) is 13.1 Å². The minimum Gasteiger partial charge on any atom is -0.316 e. The molecule has 2 nitrogen and oxygen atoms in total. The fourth-order valence-electron chi connectivity index (χ4n) is 2.09. The molecule has 0 spiro atoms. The summed E-state index contributed by atoms with van der Waals surface area (Å²) < 4.78 is 1.14. The number of nitrogens with zero attached hydrogens (tertiary/aromatic N) is 1. The van der Waals surface area contributed by atoms with Crippen molar-refractivity contribution in [1.29, 1.82) is 0 Å². The van der Waals surface area contributed by atoms with Crippen LogP contribution in [0, 0.1) is 0 Å². The van der Waals surface area contributed by atoms with Crippen molar-refractivity contribution in [3.63, 3.8) is 0 Å². The molecule has 102 valence electrons. The van der Waals surface area contributed by atoms with Crippen LogP contribution >= 0.6 is 27.3 Å². The second kappa shape index (κ2) is 7.78. The molecule has 4 heteroatoms. The largest absolute Gasteiger partial charge is 0.316 e. The molecule has 1 N–H and O–H groups in total. The predicted molar refractivity (Wildman–Crippen MR) is 85.9 cm³/mol. The van der Waals surface area contributed by atoms with E-state index in [-0.39, 0.29) is 0 Å². The van der Waals surface area contributed by atoms with Gasteiger partial charge in [0, 0.05) is 34.9 Å². The van der Waals surface area contributed by atoms with Crippen molar-refractivity contribution < 1.29 is 0 Å². The van der Waals surface area contributed by atoms with Crippen molar-refractivity contribution >= 4 is 27.3 Å². The molecule has 2 aromatic rings. The molecule has 1 aromatic heterocycles. The second-order valence-corrected chi connectivity index (χ2v) is 6.48. The number of rotatable bonds is 7. The van der Waals surface area contributed by atoms with Gasteiger partial charge >= 0.3 is 0 Å². The SMILES string of the molecule is CCCNCC(Cc1nccs1)c1cccc(Br)c1. The first-order valence-electron chi connectivity index (χ1n) is 6.64. The molecular formula is C15H19BrN2S. The number of halogens is 1. The van der Waals surface area contributed by atoms with E-state index in [1.165, 1.54) is 17.0 Å². The van der Waals surface area contributed by atoms with Gasteiger partial charge in [-0.2, -0.15) is 0 Å². The Morgan fingerprint density at radius 1 is 1.42 bits per heavy atom. The van der Waals surface area contributed by atoms with Crippen LogP contribution in [0.2, 0.25) is 0 Å². The fourth-order valence-corrected chi connectivity index (χ4v) is 3.20. The first-order valence-corrected chi connectivity index (χ1v) is 8.31. The minimum atomic E-state index is 0.482. The molecule has 0 bridgehead atoms. The Labute approximate surface area is 127 Å². The van der Waals surface area contributed by atoms with E-state index >= 15 is 0 Å². The van der Waals surface area contributed by atoms with Crippen LogP contribution in [-0.2, 0) is 6.42 Å². The molecular weight excluding hydrogens is 320 g/mol. The topological polar surface area (TPSA) is 24.9 Å². The van der Waals surface area contributed by atoms with Crippen molar-refractivity contribution in [2.45, 2.75) is 25.7 Å². The molecule has 1 aromatic carbocycles. The highest BCUT2D eigenvalue weighted by molar-refractivity contribution is 9.10. The van der Waals surface area contributed by atoms with Crippen LogP contribution in [0.1, 0.15) is 29.8 Å². The highest BCUT2D eigenvalue weighted by atomic mass is 79.9. The first kappa shape index (κ1) is 14.7. The Hall–Kier alpha value is -0.710. The zero-order valence-electron chi connectivity index (χ0n) is 11.1. The van der Waals surface area contributed by atoms with Gasteiger partial charge in [-0.3, -0.25) is 0 Å². The summed E-state index contributed by atoms with van der Waals surface area (Å²) in [5.41, 5.74) is 1.37. The van der Waals surface area contributed by atoms with Crippen LogP contribution in [0.3, 0.4) is 0 Å². The summed E-state index contributed by atoms with van der Waals surface area (Å²) >= 11 is 5.30. The quantitative estimate of drug-likeness (QED) is 0.764. The van der Waals surface area contributed by atoms with Crippen molar-refractivity contribution in [3.8, 4) is 0 Å². The first-order chi connectivity index (χ1) is 9.29. The van der Waals surface area contributed by atoms with Gasteiger partial charge in [0.15, 0.2) is 0 Å². The molecule has 2 rings (SSSR count). The molecule has 0 fully saturated rings. The molecule has 0 aliphatic carbocycles. The summed E-state index contributed by atoms with van der Waals surface area (Å²) in [5, 5.41) is 6.79. The molecule has 0 radical (unpaired) electrons. The lowest BCUT2D eigenvalue weighted by Crippen LogP contribution is -2.23. The van der Waals surface area contributed by atoms with Gasteiger partial charge in [0.25, 0.3) is 0 Å². The summed E-state index contributed by atoms with van der Waals surface area (Å²) in [6, 6.07) is 8.60. The van der Waals surface area contributed by atoms with Gasteiger partial charge in [0.05, 0.1) is 5.01 Å². The molecule has 1 heterocycles. The normalized spacial score (nSPS) is 12.5. The molecule has 1 atom stereocenters. The van der Waals surface area contributed by atoms with E-state index in [9.17, 15) is 0 Å². The zero-order chi connectivity index (χ0) is 13.5. The Morgan fingerprint density at radius 2 is 2.32 bits per heavy atom. The third-order valence-electron chi connectivity index (χ3n) is 3.04. The van der Waals surface area contributed by atoms with Crippen LogP contribution in [0.4, 0.5) is 0 Å². The number of hydrogen-bond acceptors (Lipinski definition) is 3. The third kappa shape index (κ3) is 4.71. The van der Waals surface area contributed by atoms with Crippen LogP contribution in [0.25, 0.3) is 0 Å². The van der Waals surface area contributed by atoms with E-state index in [1.807, 2.05) is 11.6 Å². The fraction of sp³-hybridized carbons (Fsp3) is 0.400. The summed E-state index contributed by atoms with van der Waals surface area (Å²) in [7, 11) is 0. The summed E-state index contributed by atoms with van der Waals surface area (Å²) in [5.74, 6) is 0.482.